The fraction of sp³-hybridized carbons (Fsp3) is 0. The van der Waals surface area contributed by atoms with Gasteiger partial charge in [0.25, 0.3) is 0 Å². The van der Waals surface area contributed by atoms with E-state index in [4.69, 9.17) is 19.4 Å². The summed E-state index contributed by atoms with van der Waals surface area (Å²) in [4.78, 5) is 15.2. The molecule has 0 aliphatic rings. The van der Waals surface area contributed by atoms with E-state index in [1.165, 1.54) is 52.5 Å². The fourth-order valence-electron chi connectivity index (χ4n) is 8.74. The molecule has 0 saturated carbocycles. The summed E-state index contributed by atoms with van der Waals surface area (Å²) in [6.45, 7) is 0. The number of furan rings is 1. The molecule has 0 aliphatic heterocycles. The van der Waals surface area contributed by atoms with Gasteiger partial charge in [0.1, 0.15) is 11.1 Å². The van der Waals surface area contributed by atoms with Crippen molar-refractivity contribution in [3.8, 4) is 22.4 Å². The number of imidazole rings is 1. The lowest BCUT2D eigenvalue weighted by Crippen LogP contribution is -1.93. The number of para-hydroxylation sites is 2. The molecule has 13 aromatic rings. The summed E-state index contributed by atoms with van der Waals surface area (Å²) < 4.78 is 11.0. The SMILES string of the molecule is c1ccc2c(c1)ccc1c2ccc2c1nc1c3sc4c5ccccc5ccc4c3cc(-c3ccc(-c4ccc5oc6nc7ccccc7nc6c5c4)cc3)n21. The van der Waals surface area contributed by atoms with Crippen LogP contribution in [0.15, 0.2) is 162 Å². The first-order valence-electron chi connectivity index (χ1n) is 18.4. The third-order valence-electron chi connectivity index (χ3n) is 11.4. The Morgan fingerprint density at radius 1 is 0.436 bits per heavy atom. The molecular weight excluding hydrogens is 693 g/mol. The first kappa shape index (κ1) is 29.3. The normalized spacial score (nSPS) is 12.4. The standard InChI is InChI=1S/C49H26N4OS/c1-3-9-32-28(7-1)17-20-35-34(32)22-23-41-44(35)52-48-47-37(36-21-18-29-8-2-4-10-33(29)46(36)55-47)26-42(53(41)48)30-15-13-27(14-16-30)31-19-24-43-38(25-31)45-49(54-43)51-40-12-6-5-11-39(40)50-45/h1-26H. The first-order valence-corrected chi connectivity index (χ1v) is 19.2. The molecule has 0 fully saturated rings. The van der Waals surface area contributed by atoms with Crippen molar-refractivity contribution >= 4 is 114 Å². The number of benzene rings is 8. The van der Waals surface area contributed by atoms with Crippen LogP contribution >= 0.6 is 11.3 Å². The fourth-order valence-corrected chi connectivity index (χ4v) is 10.0. The number of aromatic nitrogens is 4. The van der Waals surface area contributed by atoms with Crippen molar-refractivity contribution in [1.82, 2.24) is 19.4 Å². The zero-order chi connectivity index (χ0) is 35.8. The van der Waals surface area contributed by atoms with Crippen LogP contribution in [0.25, 0.3) is 125 Å². The van der Waals surface area contributed by atoms with Gasteiger partial charge in [-0.15, -0.1) is 11.3 Å². The molecule has 5 heterocycles. The van der Waals surface area contributed by atoms with Crippen molar-refractivity contribution in [3.63, 3.8) is 0 Å². The minimum Gasteiger partial charge on any atom is -0.436 e. The van der Waals surface area contributed by atoms with E-state index >= 15 is 0 Å². The molecule has 5 aromatic heterocycles. The summed E-state index contributed by atoms with van der Waals surface area (Å²) in [7, 11) is 0. The van der Waals surface area contributed by atoms with Crippen molar-refractivity contribution in [2.75, 3.05) is 0 Å². The second-order valence-electron chi connectivity index (χ2n) is 14.4. The molecule has 0 atom stereocenters. The largest absolute Gasteiger partial charge is 0.436 e. The number of fused-ring (bicyclic) bond motifs is 17. The number of nitrogens with zero attached hydrogens (tertiary/aromatic N) is 4. The van der Waals surface area contributed by atoms with E-state index in [9.17, 15) is 0 Å². The van der Waals surface area contributed by atoms with Gasteiger partial charge in [-0.2, -0.15) is 0 Å². The van der Waals surface area contributed by atoms with E-state index in [-0.39, 0.29) is 0 Å². The van der Waals surface area contributed by atoms with Crippen LogP contribution in [-0.4, -0.2) is 19.4 Å². The molecule has 0 aliphatic carbocycles. The smallest absolute Gasteiger partial charge is 0.246 e. The highest BCUT2D eigenvalue weighted by atomic mass is 32.1. The van der Waals surface area contributed by atoms with Gasteiger partial charge in [0.15, 0.2) is 5.65 Å². The second kappa shape index (κ2) is 10.7. The van der Waals surface area contributed by atoms with Gasteiger partial charge in [-0.25, -0.2) is 15.0 Å². The zero-order valence-electron chi connectivity index (χ0n) is 29.1. The van der Waals surface area contributed by atoms with Crippen molar-refractivity contribution in [1.29, 1.82) is 0 Å². The van der Waals surface area contributed by atoms with Gasteiger partial charge >= 0.3 is 0 Å². The molecule has 0 spiro atoms. The number of thiophene rings is 1. The third kappa shape index (κ3) is 4.09. The Hall–Kier alpha value is -7.15. The van der Waals surface area contributed by atoms with E-state index in [1.54, 1.807) is 0 Å². The highest BCUT2D eigenvalue weighted by Gasteiger charge is 2.20. The lowest BCUT2D eigenvalue weighted by atomic mass is 10.00. The number of hydrogen-bond acceptors (Lipinski definition) is 5. The molecule has 0 N–H and O–H groups in total. The monoisotopic (exact) mass is 718 g/mol. The minimum atomic E-state index is 0.558. The van der Waals surface area contributed by atoms with Gasteiger partial charge in [0.05, 0.1) is 32.5 Å². The molecule has 0 bridgehead atoms. The van der Waals surface area contributed by atoms with Crippen LogP contribution in [0, 0.1) is 0 Å². The van der Waals surface area contributed by atoms with Gasteiger partial charge in [-0.05, 0) is 80.0 Å². The van der Waals surface area contributed by atoms with Crippen LogP contribution in [0.4, 0.5) is 0 Å². The summed E-state index contributed by atoms with van der Waals surface area (Å²) in [5.41, 5.74) is 11.4. The average molecular weight is 719 g/mol. The maximum atomic E-state index is 6.15. The summed E-state index contributed by atoms with van der Waals surface area (Å²) in [5.74, 6) is 0. The zero-order valence-corrected chi connectivity index (χ0v) is 29.9. The molecule has 6 heteroatoms. The van der Waals surface area contributed by atoms with Crippen LogP contribution in [0.3, 0.4) is 0 Å². The number of pyridine rings is 1. The molecule has 13 rings (SSSR count). The van der Waals surface area contributed by atoms with Gasteiger partial charge < -0.3 is 4.42 Å². The molecule has 55 heavy (non-hydrogen) atoms. The van der Waals surface area contributed by atoms with Crippen molar-refractivity contribution in [2.45, 2.75) is 0 Å². The Kier molecular flexibility index (Phi) is 5.71. The van der Waals surface area contributed by atoms with Crippen molar-refractivity contribution < 1.29 is 4.42 Å². The van der Waals surface area contributed by atoms with Gasteiger partial charge in [0, 0.05) is 26.2 Å². The van der Waals surface area contributed by atoms with Crippen LogP contribution in [0.1, 0.15) is 0 Å². The maximum absolute atomic E-state index is 6.15. The highest BCUT2D eigenvalue weighted by molar-refractivity contribution is 7.27. The Bertz CT molecular complexity index is 3780. The quantitative estimate of drug-likeness (QED) is 0.167. The first-order chi connectivity index (χ1) is 27.2. The minimum absolute atomic E-state index is 0.558. The summed E-state index contributed by atoms with van der Waals surface area (Å²) in [5, 5.41) is 10.9. The molecule has 8 aromatic carbocycles. The Morgan fingerprint density at radius 2 is 1.13 bits per heavy atom. The lowest BCUT2D eigenvalue weighted by Gasteiger charge is -2.11. The van der Waals surface area contributed by atoms with Gasteiger partial charge in [-0.1, -0.05) is 121 Å². The van der Waals surface area contributed by atoms with E-state index < -0.39 is 0 Å². The number of rotatable bonds is 2. The second-order valence-corrected chi connectivity index (χ2v) is 15.4. The van der Waals surface area contributed by atoms with Crippen molar-refractivity contribution in [2.24, 2.45) is 0 Å². The maximum Gasteiger partial charge on any atom is 0.246 e. The van der Waals surface area contributed by atoms with Crippen LogP contribution in [0.2, 0.25) is 0 Å². The summed E-state index contributed by atoms with van der Waals surface area (Å²) in [6, 6.07) is 56.4. The predicted molar refractivity (Wildman–Crippen MR) is 229 cm³/mol. The summed E-state index contributed by atoms with van der Waals surface area (Å²) in [6.07, 6.45) is 0. The van der Waals surface area contributed by atoms with Gasteiger partial charge in [0.2, 0.25) is 5.71 Å². The van der Waals surface area contributed by atoms with Crippen LogP contribution in [0.5, 0.6) is 0 Å². The van der Waals surface area contributed by atoms with E-state index in [0.29, 0.717) is 5.71 Å². The molecule has 5 nitrogen and oxygen atoms in total. The van der Waals surface area contributed by atoms with Crippen LogP contribution < -0.4 is 0 Å². The Morgan fingerprint density at radius 3 is 1.98 bits per heavy atom. The Labute approximate surface area is 316 Å². The molecule has 0 saturated heterocycles. The van der Waals surface area contributed by atoms with E-state index in [0.717, 1.165) is 66.6 Å². The average Bonchev–Trinajstić information content (AvgIpc) is 3.94. The van der Waals surface area contributed by atoms with E-state index in [1.807, 2.05) is 41.7 Å². The molecule has 0 radical (unpaired) electrons. The van der Waals surface area contributed by atoms with E-state index in [2.05, 4.69) is 132 Å². The van der Waals surface area contributed by atoms with Gasteiger partial charge in [-0.3, -0.25) is 4.40 Å². The lowest BCUT2D eigenvalue weighted by molar-refractivity contribution is 0.655. The molecule has 0 amide bonds. The third-order valence-corrected chi connectivity index (χ3v) is 12.6. The molecular formula is C49H26N4OS. The van der Waals surface area contributed by atoms with Crippen LogP contribution in [-0.2, 0) is 0 Å². The predicted octanol–water partition coefficient (Wildman–Crippen LogP) is 13.5. The highest BCUT2D eigenvalue weighted by Crippen LogP contribution is 2.44. The Balaban J connectivity index is 1.04. The summed E-state index contributed by atoms with van der Waals surface area (Å²) >= 11 is 1.85. The molecule has 254 valence electrons. The molecule has 0 unspecified atom stereocenters. The van der Waals surface area contributed by atoms with Crippen molar-refractivity contribution in [3.05, 3.63) is 158 Å². The number of hydrogen-bond donors (Lipinski definition) is 0. The topological polar surface area (TPSA) is 56.2 Å².